The predicted molar refractivity (Wildman–Crippen MR) is 47.2 cm³/mol. The van der Waals surface area contributed by atoms with E-state index < -0.39 is 0 Å². The van der Waals surface area contributed by atoms with E-state index in [1.807, 2.05) is 25.4 Å². The average Bonchev–Trinajstić information content (AvgIpc) is 2.72. The fourth-order valence-corrected chi connectivity index (χ4v) is 1.05. The average molecular weight is 178 g/mol. The Morgan fingerprint density at radius 3 is 3.08 bits per heavy atom. The topological polar surface area (TPSA) is 66.7 Å². The van der Waals surface area contributed by atoms with Crippen LogP contribution < -0.4 is 5.32 Å². The fourth-order valence-electron chi connectivity index (χ4n) is 1.05. The van der Waals surface area contributed by atoms with Gasteiger partial charge in [-0.2, -0.15) is 0 Å². The number of nitrogens with one attached hydrogen (secondary N) is 2. The smallest absolute Gasteiger partial charge is 0.194 e. The van der Waals surface area contributed by atoms with Crippen molar-refractivity contribution in [1.29, 1.82) is 0 Å². The minimum Gasteiger partial charge on any atom is -0.367 e. The summed E-state index contributed by atoms with van der Waals surface area (Å²) in [6, 6.07) is 2.00. The van der Waals surface area contributed by atoms with E-state index in [1.165, 1.54) is 5.56 Å². The molecule has 2 N–H and O–H groups in total. The highest BCUT2D eigenvalue weighted by Gasteiger charge is 2.03. The SMILES string of the molecule is Cc1nonc1NCc1cc[nH]c1. The lowest BCUT2D eigenvalue weighted by atomic mass is 10.3. The highest BCUT2D eigenvalue weighted by molar-refractivity contribution is 5.37. The summed E-state index contributed by atoms with van der Waals surface area (Å²) in [6.45, 7) is 2.56. The second kappa shape index (κ2) is 3.30. The normalized spacial score (nSPS) is 10.2. The van der Waals surface area contributed by atoms with Gasteiger partial charge in [-0.15, -0.1) is 0 Å². The Morgan fingerprint density at radius 2 is 2.46 bits per heavy atom. The lowest BCUT2D eigenvalue weighted by molar-refractivity contribution is 0.306. The maximum atomic E-state index is 4.54. The molecule has 5 heteroatoms. The van der Waals surface area contributed by atoms with Crippen molar-refractivity contribution < 1.29 is 4.63 Å². The number of nitrogens with zero attached hydrogens (tertiary/aromatic N) is 2. The summed E-state index contributed by atoms with van der Waals surface area (Å²) >= 11 is 0. The number of hydrogen-bond donors (Lipinski definition) is 2. The van der Waals surface area contributed by atoms with Crippen LogP contribution in [-0.2, 0) is 6.54 Å². The van der Waals surface area contributed by atoms with Gasteiger partial charge >= 0.3 is 0 Å². The monoisotopic (exact) mass is 178 g/mol. The highest BCUT2D eigenvalue weighted by atomic mass is 16.6. The maximum absolute atomic E-state index is 4.54. The Labute approximate surface area is 75.1 Å². The first kappa shape index (κ1) is 7.85. The molecule has 0 atom stereocenters. The number of H-pyrrole nitrogens is 1. The van der Waals surface area contributed by atoms with E-state index in [4.69, 9.17) is 0 Å². The number of aromatic amines is 1. The fraction of sp³-hybridized carbons (Fsp3) is 0.250. The predicted octanol–water partition coefficient (Wildman–Crippen LogP) is 1.32. The van der Waals surface area contributed by atoms with Crippen LogP contribution in [0, 0.1) is 6.92 Å². The summed E-state index contributed by atoms with van der Waals surface area (Å²) < 4.78 is 4.54. The van der Waals surface area contributed by atoms with Gasteiger partial charge in [0.1, 0.15) is 5.69 Å². The second-order valence-electron chi connectivity index (χ2n) is 2.77. The third kappa shape index (κ3) is 1.69. The van der Waals surface area contributed by atoms with Crippen LogP contribution in [0.5, 0.6) is 0 Å². The lowest BCUT2D eigenvalue weighted by Crippen LogP contribution is -1.99. The van der Waals surface area contributed by atoms with Gasteiger partial charge in [0.15, 0.2) is 5.82 Å². The number of hydrogen-bond acceptors (Lipinski definition) is 4. The van der Waals surface area contributed by atoms with Gasteiger partial charge in [-0.3, -0.25) is 0 Å². The molecule has 2 heterocycles. The van der Waals surface area contributed by atoms with Crippen molar-refractivity contribution in [3.05, 3.63) is 29.7 Å². The Kier molecular flexibility index (Phi) is 1.99. The van der Waals surface area contributed by atoms with Crippen molar-refractivity contribution in [1.82, 2.24) is 15.3 Å². The summed E-state index contributed by atoms with van der Waals surface area (Å²) in [4.78, 5) is 2.97. The number of rotatable bonds is 3. The van der Waals surface area contributed by atoms with Crippen LogP contribution >= 0.6 is 0 Å². The molecule has 0 spiro atoms. The summed E-state index contributed by atoms with van der Waals surface area (Å²) in [5.74, 6) is 0.696. The molecule has 0 saturated carbocycles. The zero-order valence-corrected chi connectivity index (χ0v) is 7.24. The van der Waals surface area contributed by atoms with E-state index in [0.717, 1.165) is 12.2 Å². The molecule has 0 bridgehead atoms. The second-order valence-corrected chi connectivity index (χ2v) is 2.77. The van der Waals surface area contributed by atoms with Crippen molar-refractivity contribution in [2.24, 2.45) is 0 Å². The molecule has 0 aliphatic heterocycles. The molecule has 0 radical (unpaired) electrons. The molecule has 0 fully saturated rings. The molecule has 68 valence electrons. The number of aryl methyl sites for hydroxylation is 1. The minimum atomic E-state index is 0.696. The first-order valence-electron chi connectivity index (χ1n) is 4.01. The molecule has 5 nitrogen and oxygen atoms in total. The van der Waals surface area contributed by atoms with E-state index in [0.29, 0.717) is 5.82 Å². The molecule has 0 aliphatic rings. The van der Waals surface area contributed by atoms with Gasteiger partial charge < -0.3 is 10.3 Å². The first-order chi connectivity index (χ1) is 6.36. The summed E-state index contributed by atoms with van der Waals surface area (Å²) in [5, 5.41) is 10.5. The van der Waals surface area contributed by atoms with Crippen LogP contribution in [0.25, 0.3) is 0 Å². The van der Waals surface area contributed by atoms with Crippen molar-refractivity contribution in [3.8, 4) is 0 Å². The van der Waals surface area contributed by atoms with Crippen molar-refractivity contribution in [3.63, 3.8) is 0 Å². The molecular formula is C8H10N4O. The summed E-state index contributed by atoms with van der Waals surface area (Å²) in [6.07, 6.45) is 3.81. The van der Waals surface area contributed by atoms with Crippen LogP contribution in [0.4, 0.5) is 5.82 Å². The molecule has 0 saturated heterocycles. The van der Waals surface area contributed by atoms with Crippen LogP contribution in [0.2, 0.25) is 0 Å². The summed E-state index contributed by atoms with van der Waals surface area (Å²) in [7, 11) is 0. The largest absolute Gasteiger partial charge is 0.367 e. The van der Waals surface area contributed by atoms with E-state index in [-0.39, 0.29) is 0 Å². The Bertz CT molecular complexity index is 365. The Balaban J connectivity index is 1.97. The number of aromatic nitrogens is 3. The molecule has 2 aromatic rings. The zero-order valence-electron chi connectivity index (χ0n) is 7.24. The third-order valence-corrected chi connectivity index (χ3v) is 1.77. The van der Waals surface area contributed by atoms with E-state index >= 15 is 0 Å². The Morgan fingerprint density at radius 1 is 1.54 bits per heavy atom. The van der Waals surface area contributed by atoms with Crippen molar-refractivity contribution >= 4 is 5.82 Å². The van der Waals surface area contributed by atoms with Crippen LogP contribution in [0.3, 0.4) is 0 Å². The zero-order chi connectivity index (χ0) is 9.10. The van der Waals surface area contributed by atoms with Gasteiger partial charge in [0.2, 0.25) is 0 Å². The van der Waals surface area contributed by atoms with Gasteiger partial charge in [-0.05, 0) is 23.7 Å². The number of anilines is 1. The lowest BCUT2D eigenvalue weighted by Gasteiger charge is -1.98. The molecule has 0 aliphatic carbocycles. The molecule has 2 aromatic heterocycles. The molecule has 0 amide bonds. The molecular weight excluding hydrogens is 168 g/mol. The van der Waals surface area contributed by atoms with Crippen molar-refractivity contribution in [2.45, 2.75) is 13.5 Å². The van der Waals surface area contributed by atoms with Gasteiger partial charge in [0.25, 0.3) is 0 Å². The molecule has 2 rings (SSSR count). The molecule has 0 unspecified atom stereocenters. The summed E-state index contributed by atoms with van der Waals surface area (Å²) in [5.41, 5.74) is 1.94. The minimum absolute atomic E-state index is 0.696. The standard InChI is InChI=1S/C8H10N4O/c1-6-8(12-13-11-6)10-5-7-2-3-9-4-7/h2-4,9H,5H2,1H3,(H,10,12). The maximum Gasteiger partial charge on any atom is 0.194 e. The van der Waals surface area contributed by atoms with Crippen LogP contribution in [0.15, 0.2) is 23.1 Å². The Hall–Kier alpha value is -1.78. The quantitative estimate of drug-likeness (QED) is 0.743. The third-order valence-electron chi connectivity index (χ3n) is 1.77. The van der Waals surface area contributed by atoms with Gasteiger partial charge in [0, 0.05) is 18.9 Å². The van der Waals surface area contributed by atoms with E-state index in [2.05, 4.69) is 25.2 Å². The van der Waals surface area contributed by atoms with E-state index in [1.54, 1.807) is 0 Å². The van der Waals surface area contributed by atoms with Gasteiger partial charge in [0.05, 0.1) is 0 Å². The van der Waals surface area contributed by atoms with Crippen LogP contribution in [0.1, 0.15) is 11.3 Å². The van der Waals surface area contributed by atoms with Gasteiger partial charge in [-0.25, -0.2) is 4.63 Å². The van der Waals surface area contributed by atoms with Crippen LogP contribution in [-0.4, -0.2) is 15.3 Å². The molecule has 13 heavy (non-hydrogen) atoms. The first-order valence-corrected chi connectivity index (χ1v) is 4.01. The van der Waals surface area contributed by atoms with Crippen molar-refractivity contribution in [2.75, 3.05) is 5.32 Å². The van der Waals surface area contributed by atoms with E-state index in [9.17, 15) is 0 Å². The highest BCUT2D eigenvalue weighted by Crippen LogP contribution is 2.08. The van der Waals surface area contributed by atoms with Gasteiger partial charge in [-0.1, -0.05) is 5.16 Å². The molecule has 0 aromatic carbocycles.